The molecule has 92 valence electrons. The van der Waals surface area contributed by atoms with Crippen LogP contribution in [0.5, 0.6) is 0 Å². The van der Waals surface area contributed by atoms with Gasteiger partial charge in [0.25, 0.3) is 0 Å². The van der Waals surface area contributed by atoms with Gasteiger partial charge in [0.15, 0.2) is 0 Å². The number of amides is 1. The quantitative estimate of drug-likeness (QED) is 0.680. The molecule has 1 aliphatic heterocycles. The molecule has 1 aliphatic rings. The van der Waals surface area contributed by atoms with Crippen LogP contribution < -0.4 is 11.1 Å². The van der Waals surface area contributed by atoms with Crippen molar-refractivity contribution in [3.8, 4) is 0 Å². The van der Waals surface area contributed by atoms with Gasteiger partial charge in [0, 0.05) is 25.6 Å². The fraction of sp³-hybridized carbons (Fsp3) is 0.500. The van der Waals surface area contributed by atoms with Crippen molar-refractivity contribution in [2.45, 2.75) is 12.8 Å². The molecule has 0 radical (unpaired) electrons. The van der Waals surface area contributed by atoms with E-state index in [2.05, 4.69) is 15.3 Å². The van der Waals surface area contributed by atoms with Crippen LogP contribution in [0, 0.1) is 5.41 Å². The van der Waals surface area contributed by atoms with Crippen molar-refractivity contribution in [3.63, 3.8) is 0 Å². The monoisotopic (exact) mass is 254 g/mol. The third kappa shape index (κ3) is 2.29. The fourth-order valence-electron chi connectivity index (χ4n) is 1.87. The summed E-state index contributed by atoms with van der Waals surface area (Å²) < 4.78 is 5.24. The van der Waals surface area contributed by atoms with Crippen molar-refractivity contribution < 1.29 is 9.53 Å². The highest BCUT2D eigenvalue weighted by molar-refractivity contribution is 7.80. The first-order valence-corrected chi connectivity index (χ1v) is 5.74. The molecule has 0 spiro atoms. The molecule has 0 saturated carbocycles. The molecule has 0 aliphatic carbocycles. The number of H-pyrrole nitrogens is 1. The van der Waals surface area contributed by atoms with E-state index in [1.807, 2.05) is 0 Å². The molecule has 2 rings (SSSR count). The van der Waals surface area contributed by atoms with E-state index in [1.54, 1.807) is 12.4 Å². The van der Waals surface area contributed by atoms with Crippen LogP contribution in [-0.2, 0) is 9.53 Å². The Bertz CT molecular complexity index is 412. The summed E-state index contributed by atoms with van der Waals surface area (Å²) in [6.07, 6.45) is 4.21. The van der Waals surface area contributed by atoms with Crippen molar-refractivity contribution in [2.24, 2.45) is 11.1 Å². The third-order valence-electron chi connectivity index (χ3n) is 2.98. The van der Waals surface area contributed by atoms with Crippen molar-refractivity contribution in [3.05, 3.63) is 12.4 Å². The van der Waals surface area contributed by atoms with Crippen molar-refractivity contribution in [2.75, 3.05) is 18.5 Å². The van der Waals surface area contributed by atoms with Crippen LogP contribution in [0.1, 0.15) is 12.8 Å². The van der Waals surface area contributed by atoms with Gasteiger partial charge in [-0.15, -0.1) is 0 Å². The zero-order valence-corrected chi connectivity index (χ0v) is 10.0. The smallest absolute Gasteiger partial charge is 0.239 e. The maximum absolute atomic E-state index is 12.2. The molecule has 1 amide bonds. The van der Waals surface area contributed by atoms with Crippen molar-refractivity contribution >= 4 is 29.1 Å². The van der Waals surface area contributed by atoms with E-state index in [-0.39, 0.29) is 10.9 Å². The van der Waals surface area contributed by atoms with E-state index in [4.69, 9.17) is 22.7 Å². The molecular formula is C10H14N4O2S. The average molecular weight is 254 g/mol. The molecule has 7 heteroatoms. The number of nitrogens with zero attached hydrogens (tertiary/aromatic N) is 1. The Morgan fingerprint density at radius 2 is 2.29 bits per heavy atom. The minimum Gasteiger partial charge on any atom is -0.392 e. The zero-order valence-electron chi connectivity index (χ0n) is 9.23. The lowest BCUT2D eigenvalue weighted by molar-refractivity contribution is -0.126. The fourth-order valence-corrected chi connectivity index (χ4v) is 2.16. The topological polar surface area (TPSA) is 93.0 Å². The number of aromatic amines is 1. The number of nitrogens with two attached hydrogens (primary N) is 1. The zero-order chi connectivity index (χ0) is 12.3. The lowest BCUT2D eigenvalue weighted by Crippen LogP contribution is -2.49. The van der Waals surface area contributed by atoms with Gasteiger partial charge in [0.1, 0.15) is 5.41 Å². The standard InChI is InChI=1S/C10H14N4O2S/c11-7(17)10(1-5-16-6-2-10)8(15)14-9-12-3-4-13-9/h3-4H,1-2,5-6H2,(H2,11,17)(H2,12,13,14,15). The Morgan fingerprint density at radius 1 is 1.59 bits per heavy atom. The minimum atomic E-state index is -0.819. The Morgan fingerprint density at radius 3 is 2.82 bits per heavy atom. The number of hydrogen-bond donors (Lipinski definition) is 3. The molecule has 0 unspecified atom stereocenters. The predicted molar refractivity (Wildman–Crippen MR) is 66.5 cm³/mol. The lowest BCUT2D eigenvalue weighted by atomic mass is 9.79. The molecule has 4 N–H and O–H groups in total. The van der Waals surface area contributed by atoms with E-state index >= 15 is 0 Å². The highest BCUT2D eigenvalue weighted by Gasteiger charge is 2.43. The molecule has 2 heterocycles. The normalized spacial score (nSPS) is 18.6. The van der Waals surface area contributed by atoms with Gasteiger partial charge in [0.2, 0.25) is 11.9 Å². The number of nitrogens with one attached hydrogen (secondary N) is 2. The summed E-state index contributed by atoms with van der Waals surface area (Å²) in [7, 11) is 0. The number of carbonyl (C=O) groups is 1. The number of thiocarbonyl (C=S) groups is 1. The van der Waals surface area contributed by atoms with E-state index in [0.29, 0.717) is 32.0 Å². The number of carbonyl (C=O) groups excluding carboxylic acids is 1. The number of imidazole rings is 1. The summed E-state index contributed by atoms with van der Waals surface area (Å²) in [4.78, 5) is 19.2. The molecule has 1 aromatic heterocycles. The van der Waals surface area contributed by atoms with Gasteiger partial charge in [0.05, 0.1) is 4.99 Å². The largest absolute Gasteiger partial charge is 0.392 e. The highest BCUT2D eigenvalue weighted by Crippen LogP contribution is 2.32. The Hall–Kier alpha value is -1.47. The van der Waals surface area contributed by atoms with Crippen LogP contribution in [0.25, 0.3) is 0 Å². The highest BCUT2D eigenvalue weighted by atomic mass is 32.1. The third-order valence-corrected chi connectivity index (χ3v) is 3.37. The van der Waals surface area contributed by atoms with E-state index < -0.39 is 5.41 Å². The van der Waals surface area contributed by atoms with E-state index in [9.17, 15) is 4.79 Å². The summed E-state index contributed by atoms with van der Waals surface area (Å²) in [6, 6.07) is 0. The number of hydrogen-bond acceptors (Lipinski definition) is 4. The average Bonchev–Trinajstić information content (AvgIpc) is 2.82. The van der Waals surface area contributed by atoms with Gasteiger partial charge in [-0.1, -0.05) is 12.2 Å². The van der Waals surface area contributed by atoms with Crippen LogP contribution in [0.2, 0.25) is 0 Å². The number of ether oxygens (including phenoxy) is 1. The Balaban J connectivity index is 2.15. The molecule has 17 heavy (non-hydrogen) atoms. The van der Waals surface area contributed by atoms with Crippen LogP contribution >= 0.6 is 12.2 Å². The molecular weight excluding hydrogens is 240 g/mol. The van der Waals surface area contributed by atoms with Crippen LogP contribution in [-0.4, -0.2) is 34.1 Å². The first-order chi connectivity index (χ1) is 8.15. The molecule has 1 aromatic rings. The number of anilines is 1. The van der Waals surface area contributed by atoms with Gasteiger partial charge >= 0.3 is 0 Å². The second-order valence-corrected chi connectivity index (χ2v) is 4.39. The summed E-state index contributed by atoms with van der Waals surface area (Å²) in [6.45, 7) is 0.978. The summed E-state index contributed by atoms with van der Waals surface area (Å²) in [5.74, 6) is 0.181. The Labute approximate surface area is 104 Å². The van der Waals surface area contributed by atoms with E-state index in [1.165, 1.54) is 0 Å². The number of rotatable bonds is 3. The summed E-state index contributed by atoms with van der Waals surface area (Å²) >= 11 is 5.03. The molecule has 1 fully saturated rings. The first-order valence-electron chi connectivity index (χ1n) is 5.34. The first kappa shape index (κ1) is 12.0. The van der Waals surface area contributed by atoms with Crippen LogP contribution in [0.15, 0.2) is 12.4 Å². The predicted octanol–water partition coefficient (Wildman–Crippen LogP) is 0.431. The summed E-state index contributed by atoms with van der Waals surface area (Å²) in [5, 5.41) is 2.69. The lowest BCUT2D eigenvalue weighted by Gasteiger charge is -2.34. The number of aromatic nitrogens is 2. The van der Waals surface area contributed by atoms with Gasteiger partial charge in [-0.25, -0.2) is 4.98 Å². The van der Waals surface area contributed by atoms with Gasteiger partial charge in [-0.3, -0.25) is 10.1 Å². The molecule has 1 saturated heterocycles. The molecule has 6 nitrogen and oxygen atoms in total. The second kappa shape index (κ2) is 4.80. The molecule has 0 bridgehead atoms. The minimum absolute atomic E-state index is 0.213. The maximum Gasteiger partial charge on any atom is 0.239 e. The second-order valence-electron chi connectivity index (χ2n) is 3.95. The van der Waals surface area contributed by atoms with Gasteiger partial charge < -0.3 is 15.5 Å². The van der Waals surface area contributed by atoms with Crippen molar-refractivity contribution in [1.82, 2.24) is 9.97 Å². The SMILES string of the molecule is NC(=S)C1(C(=O)Nc2ncc[nH]2)CCOCC1. The van der Waals surface area contributed by atoms with Crippen molar-refractivity contribution in [1.29, 1.82) is 0 Å². The summed E-state index contributed by atoms with van der Waals surface area (Å²) in [5.41, 5.74) is 4.90. The Kier molecular flexibility index (Phi) is 3.39. The van der Waals surface area contributed by atoms with Crippen LogP contribution in [0.3, 0.4) is 0 Å². The van der Waals surface area contributed by atoms with E-state index in [0.717, 1.165) is 0 Å². The van der Waals surface area contributed by atoms with Crippen LogP contribution in [0.4, 0.5) is 5.95 Å². The molecule has 0 aromatic carbocycles. The van der Waals surface area contributed by atoms with Gasteiger partial charge in [-0.2, -0.15) is 0 Å². The maximum atomic E-state index is 12.2. The van der Waals surface area contributed by atoms with Gasteiger partial charge in [-0.05, 0) is 12.8 Å². The molecule has 0 atom stereocenters.